The van der Waals surface area contributed by atoms with Crippen LogP contribution in [-0.2, 0) is 4.79 Å². The molecule has 0 aromatic rings. The van der Waals surface area contributed by atoms with E-state index in [4.69, 9.17) is 10.1 Å². The van der Waals surface area contributed by atoms with Crippen molar-refractivity contribution in [3.8, 4) is 0 Å². The van der Waals surface area contributed by atoms with E-state index in [9.17, 15) is 4.79 Å². The molecule has 2 atom stereocenters. The van der Waals surface area contributed by atoms with Crippen LogP contribution in [0, 0.1) is 16.7 Å². The Bertz CT molecular complexity index is 591. The van der Waals surface area contributed by atoms with Gasteiger partial charge in [0.15, 0.2) is 0 Å². The van der Waals surface area contributed by atoms with E-state index in [2.05, 4.69) is 65.6 Å². The van der Waals surface area contributed by atoms with E-state index < -0.39 is 5.97 Å². The van der Waals surface area contributed by atoms with E-state index in [0.717, 1.165) is 18.8 Å². The van der Waals surface area contributed by atoms with Gasteiger partial charge in [-0.3, -0.25) is 9.79 Å². The number of carbonyl (C=O) groups is 1. The molecular weight excluding hydrogens is 314 g/mol. The number of carboxylic acid groups (broad SMARTS) is 1. The predicted octanol–water partition coefficient (Wildman–Crippen LogP) is 3.52. The highest BCUT2D eigenvalue weighted by atomic mass is 16.4. The fourth-order valence-electron chi connectivity index (χ4n) is 3.92. The number of hydrogen-bond donors (Lipinski definition) is 2. The number of aliphatic carboxylic acids is 1. The van der Waals surface area contributed by atoms with Gasteiger partial charge in [0.2, 0.25) is 0 Å². The van der Waals surface area contributed by atoms with Crippen molar-refractivity contribution in [3.05, 3.63) is 11.3 Å². The van der Waals surface area contributed by atoms with Crippen LogP contribution in [0.5, 0.6) is 0 Å². The monoisotopic (exact) mass is 349 g/mol. The zero-order chi connectivity index (χ0) is 19.2. The summed E-state index contributed by atoms with van der Waals surface area (Å²) >= 11 is 0. The zero-order valence-electron chi connectivity index (χ0n) is 17.1. The molecule has 2 aliphatic rings. The highest BCUT2D eigenvalue weighted by Gasteiger charge is 2.44. The minimum atomic E-state index is -0.805. The maximum Gasteiger partial charge on any atom is 0.317 e. The van der Waals surface area contributed by atoms with Crippen molar-refractivity contribution >= 4 is 11.8 Å². The summed E-state index contributed by atoms with van der Waals surface area (Å²) in [6, 6.07) is 0.331. The van der Waals surface area contributed by atoms with Crippen LogP contribution in [0.1, 0.15) is 61.8 Å². The molecule has 0 spiro atoms. The topological polar surface area (TPSA) is 64.9 Å². The van der Waals surface area contributed by atoms with Gasteiger partial charge in [0.25, 0.3) is 0 Å². The average Bonchev–Trinajstić information content (AvgIpc) is 2.84. The number of carboxylic acids is 1. The number of fused-ring (bicyclic) bond motifs is 1. The van der Waals surface area contributed by atoms with Gasteiger partial charge in [0.05, 0.1) is 12.6 Å². The molecule has 2 aliphatic heterocycles. The number of amidine groups is 1. The Balaban J connectivity index is 2.47. The summed E-state index contributed by atoms with van der Waals surface area (Å²) in [5.74, 6) is 0.747. The van der Waals surface area contributed by atoms with E-state index in [1.54, 1.807) is 0 Å². The normalized spacial score (nSPS) is 24.7. The summed E-state index contributed by atoms with van der Waals surface area (Å²) in [6.45, 7) is 18.7. The van der Waals surface area contributed by atoms with Crippen molar-refractivity contribution in [3.63, 3.8) is 0 Å². The van der Waals surface area contributed by atoms with Crippen LogP contribution in [0.2, 0.25) is 0 Å². The third kappa shape index (κ3) is 4.25. The van der Waals surface area contributed by atoms with Crippen molar-refractivity contribution in [2.75, 3.05) is 13.1 Å². The lowest BCUT2D eigenvalue weighted by Gasteiger charge is -2.43. The highest BCUT2D eigenvalue weighted by molar-refractivity contribution is 5.90. The van der Waals surface area contributed by atoms with Crippen molar-refractivity contribution in [2.45, 2.75) is 73.9 Å². The van der Waals surface area contributed by atoms with Gasteiger partial charge in [0, 0.05) is 30.1 Å². The second-order valence-corrected chi connectivity index (χ2v) is 9.81. The molecule has 1 fully saturated rings. The summed E-state index contributed by atoms with van der Waals surface area (Å²) in [5, 5.41) is 12.2. The van der Waals surface area contributed by atoms with Crippen LogP contribution in [0.4, 0.5) is 0 Å². The summed E-state index contributed by atoms with van der Waals surface area (Å²) in [4.78, 5) is 18.5. The molecule has 2 rings (SSSR count). The molecule has 0 radical (unpaired) electrons. The standard InChI is InChI=1S/C20H35N3O2/c1-12(2)16-14-9-13(21-10-15(24)25)11-23(14)18(20(6,7)8)22-17(16)19(3,4)5/h12-13,17,21H,9-11H2,1-8H3,(H,24,25). The Morgan fingerprint density at radius 3 is 2.32 bits per heavy atom. The van der Waals surface area contributed by atoms with E-state index in [1.165, 1.54) is 11.3 Å². The molecule has 1 saturated heterocycles. The third-order valence-corrected chi connectivity index (χ3v) is 4.96. The second kappa shape index (κ2) is 6.75. The lowest BCUT2D eigenvalue weighted by atomic mass is 9.76. The Morgan fingerprint density at radius 2 is 1.88 bits per heavy atom. The molecule has 5 nitrogen and oxygen atoms in total. The van der Waals surface area contributed by atoms with Gasteiger partial charge in [-0.05, 0) is 16.9 Å². The summed E-state index contributed by atoms with van der Waals surface area (Å²) in [7, 11) is 0. The number of nitrogens with one attached hydrogen (secondary N) is 1. The number of hydrogen-bond acceptors (Lipinski definition) is 4. The van der Waals surface area contributed by atoms with E-state index in [0.29, 0.717) is 5.92 Å². The molecule has 142 valence electrons. The molecule has 0 aromatic heterocycles. The second-order valence-electron chi connectivity index (χ2n) is 9.81. The van der Waals surface area contributed by atoms with Gasteiger partial charge in [-0.1, -0.05) is 55.4 Å². The lowest BCUT2D eigenvalue weighted by Crippen LogP contribution is -2.46. The number of nitrogens with zero attached hydrogens (tertiary/aromatic N) is 2. The molecule has 0 bridgehead atoms. The summed E-state index contributed by atoms with van der Waals surface area (Å²) in [5.41, 5.74) is 2.79. The van der Waals surface area contributed by atoms with Crippen LogP contribution >= 0.6 is 0 Å². The minimum Gasteiger partial charge on any atom is -0.480 e. The molecule has 0 aliphatic carbocycles. The van der Waals surface area contributed by atoms with Gasteiger partial charge in [-0.2, -0.15) is 0 Å². The fourth-order valence-corrected chi connectivity index (χ4v) is 3.92. The van der Waals surface area contributed by atoms with Gasteiger partial charge in [-0.25, -0.2) is 0 Å². The fraction of sp³-hybridized carbons (Fsp3) is 0.800. The van der Waals surface area contributed by atoms with Gasteiger partial charge in [-0.15, -0.1) is 0 Å². The quantitative estimate of drug-likeness (QED) is 0.815. The maximum atomic E-state index is 10.9. The first-order chi connectivity index (χ1) is 11.3. The minimum absolute atomic E-state index is 0.00743. The van der Waals surface area contributed by atoms with Gasteiger partial charge in [0.1, 0.15) is 5.84 Å². The van der Waals surface area contributed by atoms with Gasteiger partial charge < -0.3 is 15.3 Å². The van der Waals surface area contributed by atoms with Crippen LogP contribution in [-0.4, -0.2) is 47.0 Å². The molecule has 2 heterocycles. The smallest absolute Gasteiger partial charge is 0.317 e. The Kier molecular flexibility index (Phi) is 5.39. The maximum absolute atomic E-state index is 10.9. The summed E-state index contributed by atoms with van der Waals surface area (Å²) in [6.07, 6.45) is 0.877. The van der Waals surface area contributed by atoms with Crippen LogP contribution in [0.15, 0.2) is 16.3 Å². The average molecular weight is 350 g/mol. The SMILES string of the molecule is CC(C)C1=C2CC(NCC(=O)O)CN2C(C(C)(C)C)=NC1C(C)(C)C. The van der Waals surface area contributed by atoms with Gasteiger partial charge >= 0.3 is 5.97 Å². The zero-order valence-corrected chi connectivity index (χ0v) is 17.1. The lowest BCUT2D eigenvalue weighted by molar-refractivity contribution is -0.136. The van der Waals surface area contributed by atoms with Crippen molar-refractivity contribution in [1.29, 1.82) is 0 Å². The third-order valence-electron chi connectivity index (χ3n) is 4.96. The first-order valence-electron chi connectivity index (χ1n) is 9.36. The van der Waals surface area contributed by atoms with E-state index >= 15 is 0 Å². The molecular formula is C20H35N3O2. The number of aliphatic imine (C=N–C) groups is 1. The van der Waals surface area contributed by atoms with Crippen LogP contribution < -0.4 is 5.32 Å². The predicted molar refractivity (Wildman–Crippen MR) is 103 cm³/mol. The van der Waals surface area contributed by atoms with Crippen molar-refractivity contribution in [1.82, 2.24) is 10.2 Å². The highest BCUT2D eigenvalue weighted by Crippen LogP contribution is 2.43. The van der Waals surface area contributed by atoms with E-state index in [1.807, 2.05) is 0 Å². The Labute approximate surface area is 152 Å². The van der Waals surface area contributed by atoms with Crippen molar-refractivity contribution in [2.24, 2.45) is 21.7 Å². The summed E-state index contributed by atoms with van der Waals surface area (Å²) < 4.78 is 0. The Hall–Kier alpha value is -1.36. The van der Waals surface area contributed by atoms with E-state index in [-0.39, 0.29) is 29.5 Å². The molecule has 0 saturated carbocycles. The number of rotatable bonds is 4. The van der Waals surface area contributed by atoms with Crippen molar-refractivity contribution < 1.29 is 9.90 Å². The molecule has 25 heavy (non-hydrogen) atoms. The molecule has 5 heteroatoms. The largest absolute Gasteiger partial charge is 0.480 e. The Morgan fingerprint density at radius 1 is 1.28 bits per heavy atom. The molecule has 2 unspecified atom stereocenters. The molecule has 0 amide bonds. The first-order valence-corrected chi connectivity index (χ1v) is 9.36. The first kappa shape index (κ1) is 20.0. The van der Waals surface area contributed by atoms with Crippen LogP contribution in [0.3, 0.4) is 0 Å². The molecule has 2 N–H and O–H groups in total. The van der Waals surface area contributed by atoms with Crippen LogP contribution in [0.25, 0.3) is 0 Å². The molecule has 0 aromatic carbocycles.